The molecule has 0 saturated heterocycles. The Labute approximate surface area is 115 Å². The van der Waals surface area contributed by atoms with Gasteiger partial charge in [0.05, 0.1) is 12.3 Å². The van der Waals surface area contributed by atoms with E-state index >= 15 is 0 Å². The summed E-state index contributed by atoms with van der Waals surface area (Å²) in [6.07, 6.45) is 8.91. The summed E-state index contributed by atoms with van der Waals surface area (Å²) < 4.78 is 5.78. The Morgan fingerprint density at radius 2 is 2.17 bits per heavy atom. The Morgan fingerprint density at radius 3 is 2.94 bits per heavy atom. The van der Waals surface area contributed by atoms with Gasteiger partial charge in [-0.15, -0.1) is 0 Å². The van der Waals surface area contributed by atoms with Crippen molar-refractivity contribution in [1.82, 2.24) is 5.32 Å². The van der Waals surface area contributed by atoms with Crippen LogP contribution in [0.4, 0.5) is 0 Å². The number of nitrogens with one attached hydrogen (secondary N) is 1. The number of hydrogen-bond acceptors (Lipinski definition) is 3. The van der Waals surface area contributed by atoms with E-state index in [0.29, 0.717) is 6.04 Å². The maximum atomic E-state index is 5.78. The van der Waals surface area contributed by atoms with E-state index in [1.807, 2.05) is 0 Å². The van der Waals surface area contributed by atoms with Gasteiger partial charge < -0.3 is 9.73 Å². The lowest BCUT2D eigenvalue weighted by molar-refractivity contribution is 0.273. The average molecular weight is 267 g/mol. The third kappa shape index (κ3) is 4.06. The molecule has 1 aliphatic carbocycles. The lowest BCUT2D eigenvalue weighted by atomic mass is 9.84. The number of thioether (sulfide) groups is 1. The third-order valence-electron chi connectivity index (χ3n) is 3.93. The summed E-state index contributed by atoms with van der Waals surface area (Å²) in [6, 6.07) is 4.90. The van der Waals surface area contributed by atoms with Crippen LogP contribution in [0.15, 0.2) is 16.5 Å². The average Bonchev–Trinajstić information content (AvgIpc) is 2.85. The monoisotopic (exact) mass is 267 g/mol. The van der Waals surface area contributed by atoms with Gasteiger partial charge in [0.1, 0.15) is 11.5 Å². The first-order chi connectivity index (χ1) is 8.81. The van der Waals surface area contributed by atoms with Crippen molar-refractivity contribution in [2.75, 3.05) is 6.26 Å². The van der Waals surface area contributed by atoms with Crippen LogP contribution in [0.2, 0.25) is 0 Å². The van der Waals surface area contributed by atoms with Gasteiger partial charge in [0, 0.05) is 6.04 Å². The van der Waals surface area contributed by atoms with Gasteiger partial charge in [-0.25, -0.2) is 0 Å². The summed E-state index contributed by atoms with van der Waals surface area (Å²) in [5.41, 5.74) is 0. The molecule has 1 aromatic heterocycles. The molecule has 0 spiro atoms. The molecule has 102 valence electrons. The van der Waals surface area contributed by atoms with Gasteiger partial charge in [-0.1, -0.05) is 26.2 Å². The van der Waals surface area contributed by atoms with Gasteiger partial charge in [0.25, 0.3) is 0 Å². The molecule has 0 aromatic carbocycles. The molecule has 2 atom stereocenters. The Balaban J connectivity index is 1.76. The van der Waals surface area contributed by atoms with Crippen LogP contribution in [-0.4, -0.2) is 12.3 Å². The molecule has 0 radical (unpaired) electrons. The number of furan rings is 1. The van der Waals surface area contributed by atoms with Crippen LogP contribution in [0.1, 0.15) is 50.5 Å². The van der Waals surface area contributed by atoms with Crippen molar-refractivity contribution in [2.24, 2.45) is 5.92 Å². The largest absolute Gasteiger partial charge is 0.464 e. The van der Waals surface area contributed by atoms with E-state index in [4.69, 9.17) is 4.42 Å². The van der Waals surface area contributed by atoms with Gasteiger partial charge in [0.2, 0.25) is 0 Å². The highest BCUT2D eigenvalue weighted by atomic mass is 32.2. The van der Waals surface area contributed by atoms with Crippen molar-refractivity contribution < 1.29 is 4.42 Å². The van der Waals surface area contributed by atoms with Gasteiger partial charge in [0.15, 0.2) is 0 Å². The SMILES string of the molecule is CCC1CCCC(NCc2ccc(CSC)o2)C1. The topological polar surface area (TPSA) is 25.2 Å². The van der Waals surface area contributed by atoms with E-state index in [-0.39, 0.29) is 0 Å². The third-order valence-corrected chi connectivity index (χ3v) is 4.50. The van der Waals surface area contributed by atoms with Crippen LogP contribution in [0.5, 0.6) is 0 Å². The standard InChI is InChI=1S/C15H25NOS/c1-3-12-5-4-6-13(9-12)16-10-14-7-8-15(17-14)11-18-2/h7-8,12-13,16H,3-6,9-11H2,1-2H3. The Kier molecular flexibility index (Phi) is 5.64. The van der Waals surface area contributed by atoms with E-state index in [2.05, 4.69) is 30.6 Å². The van der Waals surface area contributed by atoms with E-state index in [1.165, 1.54) is 32.1 Å². The first-order valence-corrected chi connectivity index (χ1v) is 8.51. The normalized spacial score (nSPS) is 24.3. The lowest BCUT2D eigenvalue weighted by Gasteiger charge is -2.28. The van der Waals surface area contributed by atoms with Crippen molar-refractivity contribution in [3.05, 3.63) is 23.7 Å². The van der Waals surface area contributed by atoms with Crippen LogP contribution >= 0.6 is 11.8 Å². The summed E-state index contributed by atoms with van der Waals surface area (Å²) in [4.78, 5) is 0. The highest BCUT2D eigenvalue weighted by Crippen LogP contribution is 2.26. The summed E-state index contributed by atoms with van der Waals surface area (Å²) in [6.45, 7) is 3.20. The fraction of sp³-hybridized carbons (Fsp3) is 0.733. The predicted octanol–water partition coefficient (Wildman–Crippen LogP) is 4.20. The molecule has 0 bridgehead atoms. The highest BCUT2D eigenvalue weighted by molar-refractivity contribution is 7.97. The van der Waals surface area contributed by atoms with E-state index < -0.39 is 0 Å². The van der Waals surface area contributed by atoms with Crippen molar-refractivity contribution in [1.29, 1.82) is 0 Å². The second-order valence-corrected chi connectivity index (χ2v) is 6.19. The molecule has 2 rings (SSSR count). The summed E-state index contributed by atoms with van der Waals surface area (Å²) in [7, 11) is 0. The fourth-order valence-corrected chi connectivity index (χ4v) is 3.27. The molecule has 1 aliphatic rings. The summed E-state index contributed by atoms with van der Waals surface area (Å²) >= 11 is 1.80. The fourth-order valence-electron chi connectivity index (χ4n) is 2.83. The number of rotatable bonds is 6. The predicted molar refractivity (Wildman–Crippen MR) is 78.8 cm³/mol. The van der Waals surface area contributed by atoms with Gasteiger partial charge in [-0.2, -0.15) is 11.8 Å². The molecule has 1 aromatic rings. The first kappa shape index (κ1) is 14.0. The Morgan fingerprint density at radius 1 is 1.33 bits per heavy atom. The van der Waals surface area contributed by atoms with Crippen molar-refractivity contribution in [2.45, 2.75) is 57.4 Å². The van der Waals surface area contributed by atoms with E-state index in [0.717, 1.165) is 29.7 Å². The Hall–Kier alpha value is -0.410. The van der Waals surface area contributed by atoms with Crippen LogP contribution in [-0.2, 0) is 12.3 Å². The zero-order valence-corrected chi connectivity index (χ0v) is 12.4. The van der Waals surface area contributed by atoms with Gasteiger partial charge in [-0.3, -0.25) is 0 Å². The van der Waals surface area contributed by atoms with Gasteiger partial charge >= 0.3 is 0 Å². The molecule has 0 aliphatic heterocycles. The van der Waals surface area contributed by atoms with E-state index in [1.54, 1.807) is 11.8 Å². The molecule has 18 heavy (non-hydrogen) atoms. The second kappa shape index (κ2) is 7.25. The molecule has 3 heteroatoms. The zero-order chi connectivity index (χ0) is 12.8. The minimum atomic E-state index is 0.692. The summed E-state index contributed by atoms with van der Waals surface area (Å²) in [5, 5.41) is 3.66. The molecular weight excluding hydrogens is 242 g/mol. The lowest BCUT2D eigenvalue weighted by Crippen LogP contribution is -2.33. The van der Waals surface area contributed by atoms with Gasteiger partial charge in [-0.05, 0) is 37.1 Å². The number of hydrogen-bond donors (Lipinski definition) is 1. The van der Waals surface area contributed by atoms with Crippen LogP contribution in [0.3, 0.4) is 0 Å². The molecule has 2 unspecified atom stereocenters. The first-order valence-electron chi connectivity index (χ1n) is 7.11. The molecule has 1 N–H and O–H groups in total. The highest BCUT2D eigenvalue weighted by Gasteiger charge is 2.20. The maximum absolute atomic E-state index is 5.78. The molecule has 1 heterocycles. The molecule has 0 amide bonds. The molecular formula is C15H25NOS. The summed E-state index contributed by atoms with van der Waals surface area (Å²) in [5.74, 6) is 4.08. The smallest absolute Gasteiger partial charge is 0.118 e. The quantitative estimate of drug-likeness (QED) is 0.836. The minimum absolute atomic E-state index is 0.692. The minimum Gasteiger partial charge on any atom is -0.464 e. The molecule has 1 fully saturated rings. The van der Waals surface area contributed by atoms with Crippen LogP contribution in [0, 0.1) is 5.92 Å². The Bertz CT molecular complexity index is 350. The van der Waals surface area contributed by atoms with Crippen molar-refractivity contribution in [3.8, 4) is 0 Å². The van der Waals surface area contributed by atoms with Crippen LogP contribution < -0.4 is 5.32 Å². The molecule has 2 nitrogen and oxygen atoms in total. The van der Waals surface area contributed by atoms with E-state index in [9.17, 15) is 0 Å². The van der Waals surface area contributed by atoms with Crippen molar-refractivity contribution >= 4 is 11.8 Å². The van der Waals surface area contributed by atoms with Crippen LogP contribution in [0.25, 0.3) is 0 Å². The maximum Gasteiger partial charge on any atom is 0.118 e. The second-order valence-electron chi connectivity index (χ2n) is 5.32. The zero-order valence-electron chi connectivity index (χ0n) is 11.6. The molecule has 1 saturated carbocycles. The van der Waals surface area contributed by atoms with Crippen molar-refractivity contribution in [3.63, 3.8) is 0 Å².